The fourth-order valence-corrected chi connectivity index (χ4v) is 4.95. The molecule has 234 valence electrons. The molecule has 3 aromatic rings. The van der Waals surface area contributed by atoms with Gasteiger partial charge in [-0.2, -0.15) is 0 Å². The lowest BCUT2D eigenvalue weighted by atomic mass is 9.97. The molecular weight excluding hydrogens is 580 g/mol. The molecular formula is C27H30O16. The molecule has 0 bridgehead atoms. The summed E-state index contributed by atoms with van der Waals surface area (Å²) in [4.78, 5) is 12.8. The molecule has 0 unspecified atom stereocenters. The molecule has 0 amide bonds. The summed E-state index contributed by atoms with van der Waals surface area (Å²) in [6, 6.07) is 5.53. The van der Waals surface area contributed by atoms with Gasteiger partial charge in [0, 0.05) is 17.7 Å². The van der Waals surface area contributed by atoms with Gasteiger partial charge in [0.05, 0.1) is 12.7 Å². The molecule has 2 aromatic carbocycles. The van der Waals surface area contributed by atoms with E-state index in [4.69, 9.17) is 23.4 Å². The van der Waals surface area contributed by atoms with E-state index in [1.54, 1.807) is 0 Å². The summed E-state index contributed by atoms with van der Waals surface area (Å²) in [7, 11) is 0. The first-order chi connectivity index (χ1) is 20.3. The Hall–Kier alpha value is -3.71. The van der Waals surface area contributed by atoms with Crippen molar-refractivity contribution in [2.45, 2.75) is 68.3 Å². The minimum atomic E-state index is -1.80. The molecule has 2 aliphatic heterocycles. The van der Waals surface area contributed by atoms with Crippen LogP contribution < -0.4 is 10.2 Å². The van der Waals surface area contributed by atoms with Gasteiger partial charge in [-0.15, -0.1) is 0 Å². The Balaban J connectivity index is 1.38. The Morgan fingerprint density at radius 3 is 2.16 bits per heavy atom. The molecule has 5 rings (SSSR count). The van der Waals surface area contributed by atoms with Gasteiger partial charge >= 0.3 is 0 Å². The molecule has 0 aliphatic carbocycles. The smallest absolute Gasteiger partial charge is 0.238 e. The summed E-state index contributed by atoms with van der Waals surface area (Å²) in [5, 5.41) is 101. The van der Waals surface area contributed by atoms with Crippen LogP contribution in [-0.2, 0) is 14.2 Å². The van der Waals surface area contributed by atoms with E-state index < -0.39 is 108 Å². The average Bonchev–Trinajstić information content (AvgIpc) is 2.96. The van der Waals surface area contributed by atoms with Crippen LogP contribution in [0.2, 0.25) is 0 Å². The number of aliphatic hydroxyl groups excluding tert-OH is 6. The number of hydrogen-bond acceptors (Lipinski definition) is 16. The van der Waals surface area contributed by atoms with Crippen molar-refractivity contribution in [2.24, 2.45) is 0 Å². The Morgan fingerprint density at radius 1 is 0.791 bits per heavy atom. The van der Waals surface area contributed by atoms with E-state index in [9.17, 15) is 55.9 Å². The Labute approximate surface area is 241 Å². The van der Waals surface area contributed by atoms with Crippen molar-refractivity contribution in [1.82, 2.24) is 0 Å². The number of hydrogen-bond donors (Lipinski definition) is 10. The fourth-order valence-electron chi connectivity index (χ4n) is 4.95. The maximum atomic E-state index is 12.8. The first-order valence-electron chi connectivity index (χ1n) is 13.0. The van der Waals surface area contributed by atoms with E-state index in [0.717, 1.165) is 24.3 Å². The molecule has 2 aliphatic rings. The Morgan fingerprint density at radius 2 is 1.49 bits per heavy atom. The third kappa shape index (κ3) is 5.55. The zero-order valence-electron chi connectivity index (χ0n) is 22.3. The lowest BCUT2D eigenvalue weighted by Gasteiger charge is -2.45. The second-order valence-electron chi connectivity index (χ2n) is 10.2. The van der Waals surface area contributed by atoms with Gasteiger partial charge in [-0.3, -0.25) is 4.79 Å². The Kier molecular flexibility index (Phi) is 8.41. The number of ether oxygens (including phenoxy) is 4. The highest BCUT2D eigenvalue weighted by Crippen LogP contribution is 2.39. The van der Waals surface area contributed by atoms with Crippen molar-refractivity contribution in [3.8, 4) is 40.1 Å². The SMILES string of the molecule is C[C@@H]1O[C@H](Oc2cc(O)c3c(=O)c(O)c(-c4ccc(O)c(O)c4)oc3c2)[C@H](O)[C@H](O)[C@H]1O[C@@H]1O[C@H](CO)[C@@H](O)[C@H](O)[C@H]1O. The first-order valence-corrected chi connectivity index (χ1v) is 13.0. The van der Waals surface area contributed by atoms with Crippen LogP contribution >= 0.6 is 0 Å². The van der Waals surface area contributed by atoms with Gasteiger partial charge in [-0.1, -0.05) is 0 Å². The lowest BCUT2D eigenvalue weighted by Crippen LogP contribution is -2.64. The van der Waals surface area contributed by atoms with Crippen molar-refractivity contribution in [3.63, 3.8) is 0 Å². The number of aliphatic hydroxyl groups is 6. The summed E-state index contributed by atoms with van der Waals surface area (Å²) in [5.41, 5.74) is -1.27. The van der Waals surface area contributed by atoms with Crippen molar-refractivity contribution >= 4 is 11.0 Å². The summed E-state index contributed by atoms with van der Waals surface area (Å²) in [6.45, 7) is 0.721. The molecule has 0 radical (unpaired) electrons. The molecule has 0 saturated carbocycles. The van der Waals surface area contributed by atoms with Crippen LogP contribution in [0.15, 0.2) is 39.5 Å². The normalized spacial score (nSPS) is 33.0. The number of fused-ring (bicyclic) bond motifs is 1. The van der Waals surface area contributed by atoms with E-state index in [-0.39, 0.29) is 16.9 Å². The maximum Gasteiger partial charge on any atom is 0.238 e. The lowest BCUT2D eigenvalue weighted by molar-refractivity contribution is -0.348. The number of phenolic OH excluding ortho intramolecular Hbond substituents is 3. The molecule has 10 atom stereocenters. The van der Waals surface area contributed by atoms with Crippen LogP contribution in [0.5, 0.6) is 28.7 Å². The summed E-state index contributed by atoms with van der Waals surface area (Å²) in [6.07, 6.45) is -15.5. The fraction of sp³-hybridized carbons (Fsp3) is 0.444. The monoisotopic (exact) mass is 610 g/mol. The van der Waals surface area contributed by atoms with Gasteiger partial charge in [0.15, 0.2) is 23.5 Å². The van der Waals surface area contributed by atoms with Gasteiger partial charge in [0.1, 0.15) is 65.2 Å². The quantitative estimate of drug-likeness (QED) is 0.140. The molecule has 2 saturated heterocycles. The zero-order valence-corrected chi connectivity index (χ0v) is 22.3. The van der Waals surface area contributed by atoms with Gasteiger partial charge < -0.3 is 74.4 Å². The molecule has 43 heavy (non-hydrogen) atoms. The first kappa shape index (κ1) is 30.7. The standard InChI is InChI=1S/C27H30O16/c1-8-24(43-27-22(37)19(34)17(32)15(7-28)42-27)21(36)23(38)26(39-8)40-10-5-13(31)16-14(6-10)41-25(20(35)18(16)33)9-2-3-11(29)12(30)4-9/h2-6,8,15,17,19,21-24,26-32,34-38H,7H2,1H3/t8-,15+,17+,19-,21-,22+,23+,24-,26+,27-/m0/s1. The second kappa shape index (κ2) is 11.8. The van der Waals surface area contributed by atoms with Crippen molar-refractivity contribution < 1.29 is 74.4 Å². The van der Waals surface area contributed by atoms with Crippen LogP contribution in [-0.4, -0.2) is 119 Å². The third-order valence-electron chi connectivity index (χ3n) is 7.33. The van der Waals surface area contributed by atoms with E-state index in [1.165, 1.54) is 13.0 Å². The molecule has 16 nitrogen and oxygen atoms in total. The molecule has 16 heteroatoms. The predicted octanol–water partition coefficient (Wildman–Crippen LogP) is -1.69. The van der Waals surface area contributed by atoms with Crippen LogP contribution in [0.1, 0.15) is 6.92 Å². The van der Waals surface area contributed by atoms with Crippen LogP contribution in [0.25, 0.3) is 22.3 Å². The topological polar surface area (TPSA) is 269 Å². The van der Waals surface area contributed by atoms with E-state index in [2.05, 4.69) is 0 Å². The minimum Gasteiger partial charge on any atom is -0.507 e. The summed E-state index contributed by atoms with van der Waals surface area (Å²) < 4.78 is 27.8. The maximum absolute atomic E-state index is 12.8. The van der Waals surface area contributed by atoms with Gasteiger partial charge in [-0.05, 0) is 25.1 Å². The molecule has 1 aromatic heterocycles. The zero-order chi connectivity index (χ0) is 31.3. The average molecular weight is 611 g/mol. The summed E-state index contributed by atoms with van der Waals surface area (Å²) >= 11 is 0. The largest absolute Gasteiger partial charge is 0.507 e. The third-order valence-corrected chi connectivity index (χ3v) is 7.33. The van der Waals surface area contributed by atoms with E-state index in [0.29, 0.717) is 0 Å². The Bertz CT molecular complexity index is 1540. The van der Waals surface area contributed by atoms with Crippen molar-refractivity contribution in [3.05, 3.63) is 40.6 Å². The van der Waals surface area contributed by atoms with Crippen LogP contribution in [0.4, 0.5) is 0 Å². The second-order valence-corrected chi connectivity index (χ2v) is 10.2. The minimum absolute atomic E-state index is 0.0195. The highest BCUT2D eigenvalue weighted by atomic mass is 16.7. The highest BCUT2D eigenvalue weighted by Gasteiger charge is 2.50. The molecule has 10 N–H and O–H groups in total. The van der Waals surface area contributed by atoms with E-state index in [1.807, 2.05) is 0 Å². The van der Waals surface area contributed by atoms with Gasteiger partial charge in [0.25, 0.3) is 0 Å². The molecule has 2 fully saturated rings. The van der Waals surface area contributed by atoms with Crippen molar-refractivity contribution in [2.75, 3.05) is 6.61 Å². The van der Waals surface area contributed by atoms with Gasteiger partial charge in [0.2, 0.25) is 17.5 Å². The highest BCUT2D eigenvalue weighted by molar-refractivity contribution is 5.88. The van der Waals surface area contributed by atoms with Crippen LogP contribution in [0, 0.1) is 0 Å². The number of aromatic hydroxyl groups is 4. The number of phenols is 3. The molecule has 0 spiro atoms. The summed E-state index contributed by atoms with van der Waals surface area (Å²) in [5.74, 6) is -3.15. The van der Waals surface area contributed by atoms with Gasteiger partial charge in [-0.25, -0.2) is 0 Å². The number of rotatable bonds is 6. The number of benzene rings is 2. The molecule has 3 heterocycles. The van der Waals surface area contributed by atoms with Crippen molar-refractivity contribution in [1.29, 1.82) is 0 Å². The predicted molar refractivity (Wildman–Crippen MR) is 140 cm³/mol. The van der Waals surface area contributed by atoms with E-state index >= 15 is 0 Å². The van der Waals surface area contributed by atoms with Crippen LogP contribution in [0.3, 0.4) is 0 Å².